The molecule has 7 nitrogen and oxygen atoms in total. The molecule has 0 amide bonds. The summed E-state index contributed by atoms with van der Waals surface area (Å²) < 4.78 is 26.6. The lowest BCUT2D eigenvalue weighted by Crippen LogP contribution is -2.02. The number of methoxy groups -OCH3 is 1. The van der Waals surface area contributed by atoms with E-state index in [-0.39, 0.29) is 5.97 Å². The summed E-state index contributed by atoms with van der Waals surface area (Å²) in [5.41, 5.74) is 1.72. The van der Waals surface area contributed by atoms with Crippen LogP contribution >= 0.6 is 0 Å². The molecule has 7 heteroatoms. The van der Waals surface area contributed by atoms with E-state index in [0.717, 1.165) is 62.1 Å². The van der Waals surface area contributed by atoms with Gasteiger partial charge in [-0.3, -0.25) is 4.79 Å². The summed E-state index contributed by atoms with van der Waals surface area (Å²) in [6, 6.07) is 15.0. The first-order valence-corrected chi connectivity index (χ1v) is 14.3. The number of benzene rings is 2. The van der Waals surface area contributed by atoms with Crippen LogP contribution in [-0.2, 0) is 25.6 Å². The van der Waals surface area contributed by atoms with Crippen LogP contribution in [0.4, 0.5) is 0 Å². The zero-order valence-electron chi connectivity index (χ0n) is 25.2. The molecule has 228 valence electrons. The second kappa shape index (κ2) is 23.4. The number of allylic oxidation sites excluding steroid dienone is 2. The molecule has 0 fully saturated rings. The van der Waals surface area contributed by atoms with Crippen LogP contribution in [0.25, 0.3) is 0 Å². The fourth-order valence-electron chi connectivity index (χ4n) is 3.32. The van der Waals surface area contributed by atoms with Crippen molar-refractivity contribution < 1.29 is 33.3 Å². The van der Waals surface area contributed by atoms with E-state index in [1.807, 2.05) is 24.3 Å². The first kappa shape index (κ1) is 35.8. The summed E-state index contributed by atoms with van der Waals surface area (Å²) >= 11 is 0. The number of aldehydes is 1. The molecule has 0 bridgehead atoms. The van der Waals surface area contributed by atoms with Crippen molar-refractivity contribution >= 4 is 12.3 Å². The third kappa shape index (κ3) is 18.2. The second-order valence-electron chi connectivity index (χ2n) is 9.28. The van der Waals surface area contributed by atoms with Gasteiger partial charge in [0.2, 0.25) is 0 Å². The quantitative estimate of drug-likeness (QED) is 0.0369. The average Bonchev–Trinajstić information content (AvgIpc) is 3.03. The van der Waals surface area contributed by atoms with Crippen molar-refractivity contribution in [1.29, 1.82) is 0 Å². The maximum absolute atomic E-state index is 10.8. The van der Waals surface area contributed by atoms with Crippen LogP contribution in [-0.4, -0.2) is 39.2 Å². The molecule has 2 rings (SSSR count). The van der Waals surface area contributed by atoms with Crippen LogP contribution in [0.3, 0.4) is 0 Å². The van der Waals surface area contributed by atoms with Crippen molar-refractivity contribution in [1.82, 2.24) is 0 Å². The molecule has 0 heterocycles. The smallest absolute Gasteiger partial charge is 0.330 e. The standard InChI is InChI=1S/C19H26O3.C16H20O4/c1-5-6-7-14-21-19-12-10-18(11-13-19)15-22-17(3)9-8-16(2)20-4;1-2-16(18)20-12-6-4-3-5-11-19-15-9-7-14(13-17)8-10-15/h8-13H,2-3,5-7,14-15H2,1,4H3;2,7-10,13H,1,3-6,11-12H2/b9-8-;. The number of ether oxygens (including phenoxy) is 5. The van der Waals surface area contributed by atoms with Gasteiger partial charge in [0.15, 0.2) is 0 Å². The number of esters is 1. The summed E-state index contributed by atoms with van der Waals surface area (Å²) in [5, 5.41) is 0. The molecule has 0 aliphatic heterocycles. The largest absolute Gasteiger partial charge is 0.497 e. The molecule has 0 N–H and O–H groups in total. The van der Waals surface area contributed by atoms with Gasteiger partial charge in [-0.05, 0) is 86.2 Å². The minimum absolute atomic E-state index is 0.368. The van der Waals surface area contributed by atoms with E-state index in [9.17, 15) is 9.59 Å². The van der Waals surface area contributed by atoms with Crippen LogP contribution in [0.2, 0.25) is 0 Å². The summed E-state index contributed by atoms with van der Waals surface area (Å²) in [6.45, 7) is 15.4. The van der Waals surface area contributed by atoms with Crippen molar-refractivity contribution in [2.24, 2.45) is 0 Å². The Bertz CT molecular complexity index is 1090. The predicted molar refractivity (Wildman–Crippen MR) is 168 cm³/mol. The molecule has 0 saturated carbocycles. The summed E-state index contributed by atoms with van der Waals surface area (Å²) in [6.07, 6.45) is 12.8. The predicted octanol–water partition coefficient (Wildman–Crippen LogP) is 8.17. The molecule has 0 atom stereocenters. The zero-order valence-corrected chi connectivity index (χ0v) is 25.2. The normalized spacial score (nSPS) is 10.1. The zero-order chi connectivity index (χ0) is 30.8. The lowest BCUT2D eigenvalue weighted by Gasteiger charge is -2.08. The molecule has 0 unspecified atom stereocenters. The van der Waals surface area contributed by atoms with E-state index in [1.165, 1.54) is 18.9 Å². The van der Waals surface area contributed by atoms with Crippen LogP contribution in [0.15, 0.2) is 98.0 Å². The molecule has 0 aliphatic carbocycles. The maximum atomic E-state index is 10.8. The fraction of sp³-hybridized carbons (Fsp3) is 0.371. The van der Waals surface area contributed by atoms with Crippen LogP contribution in [0.5, 0.6) is 11.5 Å². The highest BCUT2D eigenvalue weighted by Gasteiger charge is 1.99. The molecule has 2 aromatic rings. The van der Waals surface area contributed by atoms with Gasteiger partial charge in [-0.15, -0.1) is 0 Å². The van der Waals surface area contributed by atoms with E-state index in [2.05, 4.69) is 26.7 Å². The summed E-state index contributed by atoms with van der Waals surface area (Å²) in [7, 11) is 1.57. The Balaban J connectivity index is 0.000000422. The number of hydrogen-bond acceptors (Lipinski definition) is 7. The summed E-state index contributed by atoms with van der Waals surface area (Å²) in [5.74, 6) is 2.44. The van der Waals surface area contributed by atoms with Gasteiger partial charge in [0.05, 0.1) is 26.9 Å². The number of unbranched alkanes of at least 4 members (excludes halogenated alkanes) is 5. The highest BCUT2D eigenvalue weighted by molar-refractivity contribution is 5.81. The van der Waals surface area contributed by atoms with E-state index in [4.69, 9.17) is 23.7 Å². The molecular formula is C35H46O7. The van der Waals surface area contributed by atoms with Gasteiger partial charge in [0.1, 0.15) is 35.9 Å². The minimum atomic E-state index is -0.368. The number of carbonyl (C=O) groups is 2. The van der Waals surface area contributed by atoms with Gasteiger partial charge in [-0.1, -0.05) is 51.6 Å². The molecular weight excluding hydrogens is 532 g/mol. The van der Waals surface area contributed by atoms with Crippen molar-refractivity contribution in [2.75, 3.05) is 26.9 Å². The van der Waals surface area contributed by atoms with Gasteiger partial charge < -0.3 is 23.7 Å². The van der Waals surface area contributed by atoms with Crippen molar-refractivity contribution in [3.8, 4) is 11.5 Å². The Hall–Kier alpha value is -4.26. The Morgan fingerprint density at radius 3 is 1.83 bits per heavy atom. The topological polar surface area (TPSA) is 80.3 Å². The minimum Gasteiger partial charge on any atom is -0.497 e. The third-order valence-corrected chi connectivity index (χ3v) is 5.82. The van der Waals surface area contributed by atoms with Gasteiger partial charge in [0.25, 0.3) is 0 Å². The molecule has 0 saturated heterocycles. The molecule has 0 spiro atoms. The molecule has 42 heavy (non-hydrogen) atoms. The Labute approximate surface area is 251 Å². The van der Waals surface area contributed by atoms with Crippen molar-refractivity contribution in [3.05, 3.63) is 109 Å². The molecule has 2 aromatic carbocycles. The monoisotopic (exact) mass is 578 g/mol. The molecule has 0 aromatic heterocycles. The number of hydrogen-bond donors (Lipinski definition) is 0. The lowest BCUT2D eigenvalue weighted by molar-refractivity contribution is -0.137. The molecule has 0 radical (unpaired) electrons. The first-order valence-electron chi connectivity index (χ1n) is 14.3. The van der Waals surface area contributed by atoms with Crippen molar-refractivity contribution in [2.45, 2.75) is 58.5 Å². The Kier molecular flexibility index (Phi) is 20.0. The van der Waals surface area contributed by atoms with E-state index < -0.39 is 0 Å². The highest BCUT2D eigenvalue weighted by atomic mass is 16.5. The Morgan fingerprint density at radius 1 is 0.738 bits per heavy atom. The third-order valence-electron chi connectivity index (χ3n) is 5.82. The summed E-state index contributed by atoms with van der Waals surface area (Å²) in [4.78, 5) is 21.3. The molecule has 0 aliphatic rings. The maximum Gasteiger partial charge on any atom is 0.330 e. The first-order chi connectivity index (χ1) is 20.4. The van der Waals surface area contributed by atoms with E-state index in [0.29, 0.717) is 36.9 Å². The second-order valence-corrected chi connectivity index (χ2v) is 9.28. The van der Waals surface area contributed by atoms with Gasteiger partial charge >= 0.3 is 5.97 Å². The van der Waals surface area contributed by atoms with Crippen LogP contribution < -0.4 is 9.47 Å². The van der Waals surface area contributed by atoms with Crippen molar-refractivity contribution in [3.63, 3.8) is 0 Å². The van der Waals surface area contributed by atoms with Gasteiger partial charge in [-0.2, -0.15) is 0 Å². The SMILES string of the molecule is C=C(/C=C\C(=C)OCc1ccc(OCCCCC)cc1)OC.C=CC(=O)OCCCCCCOc1ccc(C=O)cc1. The van der Waals surface area contributed by atoms with Gasteiger partial charge in [-0.25, -0.2) is 4.79 Å². The van der Waals surface area contributed by atoms with Gasteiger partial charge in [0, 0.05) is 11.6 Å². The van der Waals surface area contributed by atoms with Crippen LogP contribution in [0, 0.1) is 0 Å². The van der Waals surface area contributed by atoms with E-state index in [1.54, 1.807) is 43.5 Å². The van der Waals surface area contributed by atoms with Crippen LogP contribution in [0.1, 0.15) is 67.8 Å². The highest BCUT2D eigenvalue weighted by Crippen LogP contribution is 2.15. The number of carbonyl (C=O) groups excluding carboxylic acids is 2. The average molecular weight is 579 g/mol. The fourth-order valence-corrected chi connectivity index (χ4v) is 3.32. The Morgan fingerprint density at radius 2 is 1.29 bits per heavy atom. The lowest BCUT2D eigenvalue weighted by atomic mass is 10.2. The van der Waals surface area contributed by atoms with E-state index >= 15 is 0 Å². The number of rotatable bonds is 21.